The Morgan fingerprint density at radius 3 is 2.79 bits per heavy atom. The predicted molar refractivity (Wildman–Crippen MR) is 108 cm³/mol. The van der Waals surface area contributed by atoms with E-state index in [1.807, 2.05) is 13.0 Å². The first kappa shape index (κ1) is 18.5. The van der Waals surface area contributed by atoms with Crippen molar-refractivity contribution in [1.29, 1.82) is 0 Å². The lowest BCUT2D eigenvalue weighted by atomic mass is 10.3. The standard InChI is InChI=1S/C19H21N9O/c1-11(2)28-12(3)24-14-8-22-18(6-15(14)28)25-17-4-5-21-19(26-17)13-7-23-27(9-13)10-16(20)29/h4-9,11H,10H2,1-3H3,(H2,20,29)(H,21,22,25,26). The van der Waals surface area contributed by atoms with Gasteiger partial charge in [-0.15, -0.1) is 0 Å². The highest BCUT2D eigenvalue weighted by molar-refractivity contribution is 5.79. The van der Waals surface area contributed by atoms with Gasteiger partial charge in [0.25, 0.3) is 0 Å². The third-order valence-corrected chi connectivity index (χ3v) is 4.39. The molecule has 0 fully saturated rings. The zero-order valence-corrected chi connectivity index (χ0v) is 16.4. The number of anilines is 2. The molecule has 3 N–H and O–H groups in total. The summed E-state index contributed by atoms with van der Waals surface area (Å²) in [6.07, 6.45) is 6.67. The third-order valence-electron chi connectivity index (χ3n) is 4.39. The van der Waals surface area contributed by atoms with Gasteiger partial charge >= 0.3 is 0 Å². The number of carbonyl (C=O) groups excluding carboxylic acids is 1. The van der Waals surface area contributed by atoms with Crippen LogP contribution >= 0.6 is 0 Å². The molecule has 4 aromatic rings. The van der Waals surface area contributed by atoms with Gasteiger partial charge in [-0.05, 0) is 26.8 Å². The molecule has 0 aliphatic carbocycles. The van der Waals surface area contributed by atoms with Crippen LogP contribution in [0.5, 0.6) is 0 Å². The van der Waals surface area contributed by atoms with Crippen LogP contribution in [-0.4, -0.2) is 40.2 Å². The molecule has 29 heavy (non-hydrogen) atoms. The Morgan fingerprint density at radius 1 is 1.21 bits per heavy atom. The first-order valence-corrected chi connectivity index (χ1v) is 9.16. The number of nitrogens with one attached hydrogen (secondary N) is 1. The molecule has 4 rings (SSSR count). The number of aryl methyl sites for hydroxylation is 1. The Kier molecular flexibility index (Phi) is 4.67. The zero-order valence-electron chi connectivity index (χ0n) is 16.4. The minimum Gasteiger partial charge on any atom is -0.368 e. The number of aromatic nitrogens is 7. The maximum Gasteiger partial charge on any atom is 0.239 e. The molecular formula is C19H21N9O. The number of nitrogens with two attached hydrogens (primary N) is 1. The lowest BCUT2D eigenvalue weighted by molar-refractivity contribution is -0.118. The van der Waals surface area contributed by atoms with Gasteiger partial charge in [0.05, 0.1) is 23.5 Å². The molecule has 0 unspecified atom stereocenters. The van der Waals surface area contributed by atoms with Crippen LogP contribution in [0.3, 0.4) is 0 Å². The maximum absolute atomic E-state index is 11.0. The maximum atomic E-state index is 11.0. The van der Waals surface area contributed by atoms with Crippen molar-refractivity contribution >= 4 is 28.6 Å². The summed E-state index contributed by atoms with van der Waals surface area (Å²) in [6.45, 7) is 6.24. The van der Waals surface area contributed by atoms with Gasteiger partial charge in [-0.1, -0.05) is 0 Å². The fourth-order valence-corrected chi connectivity index (χ4v) is 3.26. The molecule has 0 aliphatic rings. The molecule has 0 bridgehead atoms. The molecule has 148 valence electrons. The smallest absolute Gasteiger partial charge is 0.239 e. The van der Waals surface area contributed by atoms with E-state index in [4.69, 9.17) is 5.73 Å². The molecule has 4 heterocycles. The molecule has 4 aromatic heterocycles. The fraction of sp³-hybridized carbons (Fsp3) is 0.263. The predicted octanol–water partition coefficient (Wildman–Crippen LogP) is 2.20. The van der Waals surface area contributed by atoms with Crippen LogP contribution in [0.4, 0.5) is 11.6 Å². The number of nitrogens with zero attached hydrogens (tertiary/aromatic N) is 7. The minimum absolute atomic E-state index is 0.00479. The van der Waals surface area contributed by atoms with Gasteiger partial charge in [-0.3, -0.25) is 9.48 Å². The highest BCUT2D eigenvalue weighted by Crippen LogP contribution is 2.24. The molecule has 1 amide bonds. The quantitative estimate of drug-likeness (QED) is 0.515. The molecule has 0 aliphatic heterocycles. The van der Waals surface area contributed by atoms with Gasteiger partial charge in [0.2, 0.25) is 5.91 Å². The first-order valence-electron chi connectivity index (χ1n) is 9.16. The van der Waals surface area contributed by atoms with Gasteiger partial charge in [-0.2, -0.15) is 5.10 Å². The molecule has 0 aromatic carbocycles. The summed E-state index contributed by atoms with van der Waals surface area (Å²) < 4.78 is 3.62. The Morgan fingerprint density at radius 2 is 2.03 bits per heavy atom. The third kappa shape index (κ3) is 3.77. The Hall–Kier alpha value is -3.82. The molecule has 0 spiro atoms. The monoisotopic (exact) mass is 391 g/mol. The highest BCUT2D eigenvalue weighted by Gasteiger charge is 2.12. The minimum atomic E-state index is -0.465. The molecule has 0 radical (unpaired) electrons. The van der Waals surface area contributed by atoms with Gasteiger partial charge in [0, 0.05) is 24.5 Å². The normalized spacial score (nSPS) is 11.3. The van der Waals surface area contributed by atoms with Crippen LogP contribution in [0.1, 0.15) is 25.7 Å². The number of carbonyl (C=O) groups is 1. The second-order valence-corrected chi connectivity index (χ2v) is 6.96. The van der Waals surface area contributed by atoms with Crippen LogP contribution < -0.4 is 11.1 Å². The number of primary amides is 1. The van der Waals surface area contributed by atoms with E-state index in [1.54, 1.807) is 30.9 Å². The van der Waals surface area contributed by atoms with Gasteiger partial charge < -0.3 is 15.6 Å². The van der Waals surface area contributed by atoms with Crippen molar-refractivity contribution in [2.45, 2.75) is 33.4 Å². The molecule has 0 saturated heterocycles. The van der Waals surface area contributed by atoms with E-state index < -0.39 is 5.91 Å². The second-order valence-electron chi connectivity index (χ2n) is 6.96. The van der Waals surface area contributed by atoms with Gasteiger partial charge in [0.1, 0.15) is 29.5 Å². The number of fused-ring (bicyclic) bond motifs is 1. The summed E-state index contributed by atoms with van der Waals surface area (Å²) >= 11 is 0. The Bertz CT molecular complexity index is 1190. The van der Waals surface area contributed by atoms with Gasteiger partial charge in [-0.25, -0.2) is 19.9 Å². The van der Waals surface area contributed by atoms with E-state index in [9.17, 15) is 4.79 Å². The number of hydrogen-bond donors (Lipinski definition) is 2. The van der Waals surface area contributed by atoms with E-state index in [2.05, 4.69) is 48.8 Å². The molecule has 0 atom stereocenters. The molecular weight excluding hydrogens is 370 g/mol. The fourth-order valence-electron chi connectivity index (χ4n) is 3.26. The summed E-state index contributed by atoms with van der Waals surface area (Å²) in [5.74, 6) is 2.22. The van der Waals surface area contributed by atoms with E-state index in [-0.39, 0.29) is 12.6 Å². The Labute approximate surface area is 166 Å². The molecule has 10 heteroatoms. The number of amides is 1. The van der Waals surface area contributed by atoms with Crippen molar-refractivity contribution < 1.29 is 4.79 Å². The summed E-state index contributed by atoms with van der Waals surface area (Å²) in [5, 5.41) is 7.32. The number of pyridine rings is 1. The van der Waals surface area contributed by atoms with Crippen molar-refractivity contribution in [3.05, 3.63) is 42.7 Å². The summed E-state index contributed by atoms with van der Waals surface area (Å²) in [4.78, 5) is 28.8. The topological polar surface area (TPSA) is 129 Å². The lowest BCUT2D eigenvalue weighted by Crippen LogP contribution is -2.18. The summed E-state index contributed by atoms with van der Waals surface area (Å²) in [5.41, 5.74) is 7.75. The van der Waals surface area contributed by atoms with Crippen molar-refractivity contribution in [2.24, 2.45) is 5.73 Å². The second kappa shape index (κ2) is 7.30. The number of hydrogen-bond acceptors (Lipinski definition) is 7. The largest absolute Gasteiger partial charge is 0.368 e. The van der Waals surface area contributed by atoms with Crippen LogP contribution in [0, 0.1) is 6.92 Å². The van der Waals surface area contributed by atoms with Crippen molar-refractivity contribution in [1.82, 2.24) is 34.3 Å². The highest BCUT2D eigenvalue weighted by atomic mass is 16.1. The first-order chi connectivity index (χ1) is 13.9. The van der Waals surface area contributed by atoms with Crippen molar-refractivity contribution in [3.63, 3.8) is 0 Å². The Balaban J connectivity index is 1.62. The van der Waals surface area contributed by atoms with Crippen molar-refractivity contribution in [2.75, 3.05) is 5.32 Å². The average molecular weight is 391 g/mol. The number of imidazole rings is 1. The van der Waals surface area contributed by atoms with Crippen molar-refractivity contribution in [3.8, 4) is 11.4 Å². The van der Waals surface area contributed by atoms with E-state index in [0.717, 1.165) is 16.9 Å². The van der Waals surface area contributed by atoms with Crippen LogP contribution in [-0.2, 0) is 11.3 Å². The summed E-state index contributed by atoms with van der Waals surface area (Å²) in [6, 6.07) is 4.01. The average Bonchev–Trinajstić information content (AvgIpc) is 3.24. The molecule has 10 nitrogen and oxygen atoms in total. The van der Waals surface area contributed by atoms with Gasteiger partial charge in [0.15, 0.2) is 5.82 Å². The lowest BCUT2D eigenvalue weighted by Gasteiger charge is -2.11. The number of rotatable bonds is 6. The van der Waals surface area contributed by atoms with Crippen LogP contribution in [0.2, 0.25) is 0 Å². The SMILES string of the molecule is Cc1nc2cnc(Nc3ccnc(-c4cnn(CC(N)=O)c4)n3)cc2n1C(C)C. The van der Waals surface area contributed by atoms with E-state index >= 15 is 0 Å². The van der Waals surface area contributed by atoms with Crippen LogP contribution in [0.25, 0.3) is 22.4 Å². The van der Waals surface area contributed by atoms with E-state index in [1.165, 1.54) is 4.68 Å². The van der Waals surface area contributed by atoms with E-state index in [0.29, 0.717) is 23.0 Å². The molecule has 0 saturated carbocycles. The zero-order chi connectivity index (χ0) is 20.5. The van der Waals surface area contributed by atoms with Crippen LogP contribution in [0.15, 0.2) is 36.9 Å². The summed E-state index contributed by atoms with van der Waals surface area (Å²) in [7, 11) is 0.